The number of aliphatic hydroxyl groups excluding tert-OH is 1. The predicted molar refractivity (Wildman–Crippen MR) is 74.3 cm³/mol. The first-order valence-electron chi connectivity index (χ1n) is 6.66. The number of nitrogens with zero attached hydrogens (tertiary/aromatic N) is 1. The van der Waals surface area contributed by atoms with E-state index in [9.17, 15) is 13.5 Å². The number of rotatable bonds is 5. The zero-order valence-corrected chi connectivity index (χ0v) is 11.9. The van der Waals surface area contributed by atoms with Crippen molar-refractivity contribution in [2.24, 2.45) is 5.92 Å². The number of benzene rings is 1. The van der Waals surface area contributed by atoms with Gasteiger partial charge in [-0.3, -0.25) is 0 Å². The van der Waals surface area contributed by atoms with Crippen molar-refractivity contribution < 1.29 is 13.5 Å². The fourth-order valence-corrected chi connectivity index (χ4v) is 3.53. The van der Waals surface area contributed by atoms with Crippen molar-refractivity contribution in [2.75, 3.05) is 6.54 Å². The number of sulfonamides is 1. The van der Waals surface area contributed by atoms with E-state index < -0.39 is 16.1 Å². The standard InChI is InChI=1S/C14H18N2O3S/c15-9-8-11-4-6-13(7-5-11)20(18,19)16-10-12-2-1-3-14(12)17/h4-7,12,14,16-17H,1-3,8,10H2. The lowest BCUT2D eigenvalue weighted by molar-refractivity contribution is 0.134. The van der Waals surface area contributed by atoms with Crippen molar-refractivity contribution in [2.45, 2.75) is 36.7 Å². The largest absolute Gasteiger partial charge is 0.393 e. The highest BCUT2D eigenvalue weighted by atomic mass is 32.2. The first kappa shape index (κ1) is 15.0. The van der Waals surface area contributed by atoms with Crippen LogP contribution in [-0.2, 0) is 16.4 Å². The molecule has 2 N–H and O–H groups in total. The fourth-order valence-electron chi connectivity index (χ4n) is 2.43. The number of nitrogens with one attached hydrogen (secondary N) is 1. The molecule has 1 saturated carbocycles. The summed E-state index contributed by atoms with van der Waals surface area (Å²) in [5.41, 5.74) is 0.790. The minimum atomic E-state index is -3.55. The maximum atomic E-state index is 12.1. The van der Waals surface area contributed by atoms with E-state index in [4.69, 9.17) is 5.26 Å². The van der Waals surface area contributed by atoms with Crippen molar-refractivity contribution >= 4 is 10.0 Å². The summed E-state index contributed by atoms with van der Waals surface area (Å²) in [6, 6.07) is 8.30. The van der Waals surface area contributed by atoms with Gasteiger partial charge in [-0.05, 0) is 36.5 Å². The molecular formula is C14H18N2O3S. The Morgan fingerprint density at radius 2 is 2.00 bits per heavy atom. The second-order valence-electron chi connectivity index (χ2n) is 5.09. The molecule has 2 rings (SSSR count). The average molecular weight is 294 g/mol. The second kappa shape index (κ2) is 6.35. The molecule has 1 aromatic carbocycles. The Balaban J connectivity index is 2.01. The van der Waals surface area contributed by atoms with E-state index in [1.807, 2.05) is 6.07 Å². The zero-order valence-electron chi connectivity index (χ0n) is 11.1. The van der Waals surface area contributed by atoms with Gasteiger partial charge in [0.05, 0.1) is 23.5 Å². The Kier molecular flexibility index (Phi) is 4.76. The Bertz CT molecular complexity index is 590. The molecule has 0 saturated heterocycles. The van der Waals surface area contributed by atoms with Crippen molar-refractivity contribution in [3.63, 3.8) is 0 Å². The van der Waals surface area contributed by atoms with Crippen LogP contribution in [0, 0.1) is 17.2 Å². The highest BCUT2D eigenvalue weighted by Crippen LogP contribution is 2.25. The summed E-state index contributed by atoms with van der Waals surface area (Å²) in [5, 5.41) is 18.3. The van der Waals surface area contributed by atoms with E-state index in [0.29, 0.717) is 0 Å². The summed E-state index contributed by atoms with van der Waals surface area (Å²) >= 11 is 0. The molecule has 0 aliphatic heterocycles. The quantitative estimate of drug-likeness (QED) is 0.853. The Morgan fingerprint density at radius 1 is 1.30 bits per heavy atom. The molecule has 6 heteroatoms. The second-order valence-corrected chi connectivity index (χ2v) is 6.86. The van der Waals surface area contributed by atoms with Crippen LogP contribution in [0.15, 0.2) is 29.2 Å². The van der Waals surface area contributed by atoms with E-state index in [2.05, 4.69) is 4.72 Å². The molecule has 0 aromatic heterocycles. The molecule has 108 valence electrons. The smallest absolute Gasteiger partial charge is 0.240 e. The lowest BCUT2D eigenvalue weighted by Gasteiger charge is -2.15. The molecular weight excluding hydrogens is 276 g/mol. The number of hydrogen-bond donors (Lipinski definition) is 2. The van der Waals surface area contributed by atoms with Gasteiger partial charge in [0.2, 0.25) is 10.0 Å². The van der Waals surface area contributed by atoms with Crippen LogP contribution >= 0.6 is 0 Å². The summed E-state index contributed by atoms with van der Waals surface area (Å²) in [5.74, 6) is 0.00244. The summed E-state index contributed by atoms with van der Waals surface area (Å²) in [4.78, 5) is 0.187. The zero-order chi connectivity index (χ0) is 14.6. The third kappa shape index (κ3) is 3.57. The summed E-state index contributed by atoms with van der Waals surface area (Å²) in [7, 11) is -3.55. The van der Waals surface area contributed by atoms with Crippen LogP contribution in [0.3, 0.4) is 0 Å². The van der Waals surface area contributed by atoms with E-state index >= 15 is 0 Å². The van der Waals surface area contributed by atoms with Gasteiger partial charge in [0, 0.05) is 6.54 Å². The third-order valence-electron chi connectivity index (χ3n) is 3.67. The SMILES string of the molecule is N#CCc1ccc(S(=O)(=O)NCC2CCCC2O)cc1. The highest BCUT2D eigenvalue weighted by molar-refractivity contribution is 7.89. The van der Waals surface area contributed by atoms with Crippen LogP contribution in [0.5, 0.6) is 0 Å². The maximum Gasteiger partial charge on any atom is 0.240 e. The maximum absolute atomic E-state index is 12.1. The molecule has 0 amide bonds. The molecule has 20 heavy (non-hydrogen) atoms. The molecule has 0 spiro atoms. The van der Waals surface area contributed by atoms with Gasteiger partial charge in [0.15, 0.2) is 0 Å². The summed E-state index contributed by atoms with van der Waals surface area (Å²) < 4.78 is 26.8. The van der Waals surface area contributed by atoms with E-state index in [1.54, 1.807) is 12.1 Å². The average Bonchev–Trinajstić information content (AvgIpc) is 2.83. The molecule has 2 unspecified atom stereocenters. The molecule has 1 aromatic rings. The van der Waals surface area contributed by atoms with Gasteiger partial charge < -0.3 is 5.11 Å². The lowest BCUT2D eigenvalue weighted by atomic mass is 10.1. The van der Waals surface area contributed by atoms with Gasteiger partial charge in [-0.25, -0.2) is 13.1 Å². The molecule has 1 aliphatic rings. The monoisotopic (exact) mass is 294 g/mol. The fraction of sp³-hybridized carbons (Fsp3) is 0.500. The predicted octanol–water partition coefficient (Wildman–Crippen LogP) is 1.19. The lowest BCUT2D eigenvalue weighted by Crippen LogP contribution is -2.32. The van der Waals surface area contributed by atoms with Gasteiger partial charge >= 0.3 is 0 Å². The minimum Gasteiger partial charge on any atom is -0.393 e. The van der Waals surface area contributed by atoms with Crippen LogP contribution in [0.1, 0.15) is 24.8 Å². The van der Waals surface area contributed by atoms with Crippen LogP contribution in [0.2, 0.25) is 0 Å². The Labute approximate surface area is 119 Å². The van der Waals surface area contributed by atoms with E-state index in [1.165, 1.54) is 12.1 Å². The Morgan fingerprint density at radius 3 is 2.55 bits per heavy atom. The molecule has 2 atom stereocenters. The van der Waals surface area contributed by atoms with Crippen LogP contribution in [0.25, 0.3) is 0 Å². The molecule has 0 bridgehead atoms. The van der Waals surface area contributed by atoms with Crippen LogP contribution in [0.4, 0.5) is 0 Å². The molecule has 5 nitrogen and oxygen atoms in total. The van der Waals surface area contributed by atoms with Crippen molar-refractivity contribution in [1.29, 1.82) is 5.26 Å². The number of hydrogen-bond acceptors (Lipinski definition) is 4. The van der Waals surface area contributed by atoms with Crippen molar-refractivity contribution in [3.8, 4) is 6.07 Å². The van der Waals surface area contributed by atoms with E-state index in [0.717, 1.165) is 24.8 Å². The van der Waals surface area contributed by atoms with Gasteiger partial charge in [0.1, 0.15) is 0 Å². The first-order valence-corrected chi connectivity index (χ1v) is 8.15. The number of nitriles is 1. The van der Waals surface area contributed by atoms with Gasteiger partial charge in [-0.2, -0.15) is 5.26 Å². The van der Waals surface area contributed by atoms with Crippen molar-refractivity contribution in [3.05, 3.63) is 29.8 Å². The first-order chi connectivity index (χ1) is 9.53. The number of aliphatic hydroxyl groups is 1. The topological polar surface area (TPSA) is 90.2 Å². The van der Waals surface area contributed by atoms with Crippen LogP contribution in [-0.4, -0.2) is 26.2 Å². The van der Waals surface area contributed by atoms with E-state index in [-0.39, 0.29) is 23.8 Å². The molecule has 0 radical (unpaired) electrons. The minimum absolute atomic E-state index is 0.00244. The van der Waals surface area contributed by atoms with Gasteiger partial charge in [-0.1, -0.05) is 18.6 Å². The van der Waals surface area contributed by atoms with Gasteiger partial charge in [0.25, 0.3) is 0 Å². The highest BCUT2D eigenvalue weighted by Gasteiger charge is 2.26. The van der Waals surface area contributed by atoms with Crippen LogP contribution < -0.4 is 4.72 Å². The molecule has 1 aliphatic carbocycles. The van der Waals surface area contributed by atoms with Gasteiger partial charge in [-0.15, -0.1) is 0 Å². The molecule has 0 heterocycles. The third-order valence-corrected chi connectivity index (χ3v) is 5.11. The van der Waals surface area contributed by atoms with Crippen molar-refractivity contribution in [1.82, 2.24) is 4.72 Å². The summed E-state index contributed by atoms with van der Waals surface area (Å²) in [6.07, 6.45) is 2.40. The normalized spacial score (nSPS) is 22.6. The Hall–Kier alpha value is -1.42. The summed E-state index contributed by atoms with van der Waals surface area (Å²) in [6.45, 7) is 0.267. The molecule has 1 fully saturated rings.